The van der Waals surface area contributed by atoms with Crippen molar-refractivity contribution in [2.24, 2.45) is 0 Å². The molecule has 0 spiro atoms. The zero-order chi connectivity index (χ0) is 22.4. The maximum absolute atomic E-state index is 12.7. The molecule has 3 aromatic rings. The van der Waals surface area contributed by atoms with Crippen molar-refractivity contribution in [3.8, 4) is 11.8 Å². The van der Waals surface area contributed by atoms with Gasteiger partial charge in [-0.3, -0.25) is 4.79 Å². The smallest absolute Gasteiger partial charge is 0.266 e. The third kappa shape index (κ3) is 6.06. The molecule has 0 aromatic heterocycles. The number of amides is 1. The Bertz CT molecular complexity index is 1180. The summed E-state index contributed by atoms with van der Waals surface area (Å²) in [5.41, 5.74) is 4.45. The van der Waals surface area contributed by atoms with Crippen molar-refractivity contribution in [3.05, 3.63) is 97.4 Å². The molecule has 0 fully saturated rings. The Morgan fingerprint density at radius 2 is 1.81 bits per heavy atom. The van der Waals surface area contributed by atoms with Crippen LogP contribution >= 0.6 is 31.9 Å². The predicted octanol–water partition coefficient (Wildman–Crippen LogP) is 6.95. The molecular formula is C25H20Br2N2O2. The molecule has 0 aliphatic carbocycles. The van der Waals surface area contributed by atoms with Crippen LogP contribution in [0.25, 0.3) is 6.08 Å². The largest absolute Gasteiger partial charge is 0.487 e. The molecule has 4 nitrogen and oxygen atoms in total. The van der Waals surface area contributed by atoms with Crippen LogP contribution < -0.4 is 10.1 Å². The van der Waals surface area contributed by atoms with Gasteiger partial charge in [-0.15, -0.1) is 0 Å². The number of aryl methyl sites for hydroxylation is 2. The molecule has 0 saturated carbocycles. The highest BCUT2D eigenvalue weighted by molar-refractivity contribution is 9.11. The van der Waals surface area contributed by atoms with Crippen LogP contribution in [-0.4, -0.2) is 5.91 Å². The molecule has 0 aliphatic heterocycles. The number of benzene rings is 3. The fraction of sp³-hybridized carbons (Fsp3) is 0.120. The average Bonchev–Trinajstić information content (AvgIpc) is 2.74. The lowest BCUT2D eigenvalue weighted by Gasteiger charge is -2.13. The van der Waals surface area contributed by atoms with E-state index in [1.165, 1.54) is 6.08 Å². The number of carbonyl (C=O) groups is 1. The molecule has 0 bridgehead atoms. The summed E-state index contributed by atoms with van der Waals surface area (Å²) in [7, 11) is 0. The minimum Gasteiger partial charge on any atom is -0.487 e. The number of rotatable bonds is 6. The van der Waals surface area contributed by atoms with Crippen LogP contribution in [0.2, 0.25) is 0 Å². The van der Waals surface area contributed by atoms with E-state index < -0.39 is 5.91 Å². The number of ether oxygens (including phenoxy) is 1. The lowest BCUT2D eigenvalue weighted by atomic mass is 10.1. The van der Waals surface area contributed by atoms with Gasteiger partial charge in [-0.1, -0.05) is 52.3 Å². The number of nitrogens with one attached hydrogen (secondary N) is 1. The van der Waals surface area contributed by atoms with Crippen LogP contribution in [0.15, 0.2) is 75.2 Å². The van der Waals surface area contributed by atoms with Gasteiger partial charge in [0, 0.05) is 15.7 Å². The molecule has 1 N–H and O–H groups in total. The maximum Gasteiger partial charge on any atom is 0.266 e. The molecule has 3 aromatic carbocycles. The molecule has 0 atom stereocenters. The molecular weight excluding hydrogens is 520 g/mol. The first kappa shape index (κ1) is 22.8. The lowest BCUT2D eigenvalue weighted by Crippen LogP contribution is -2.13. The SMILES string of the molecule is Cc1ccc(NC(=O)/C(C#N)=C/c2cc(Br)cc(Br)c2OCc2ccccc2)cc1C. The summed E-state index contributed by atoms with van der Waals surface area (Å²) in [5.74, 6) is 0.0784. The molecule has 0 heterocycles. The molecule has 3 rings (SSSR count). The van der Waals surface area contributed by atoms with Gasteiger partial charge in [0.15, 0.2) is 0 Å². The maximum atomic E-state index is 12.7. The van der Waals surface area contributed by atoms with Gasteiger partial charge in [0.05, 0.1) is 4.47 Å². The number of hydrogen-bond donors (Lipinski definition) is 1. The molecule has 0 radical (unpaired) electrons. The van der Waals surface area contributed by atoms with E-state index in [2.05, 4.69) is 37.2 Å². The van der Waals surface area contributed by atoms with Crippen molar-refractivity contribution in [1.29, 1.82) is 5.26 Å². The predicted molar refractivity (Wildman–Crippen MR) is 131 cm³/mol. The van der Waals surface area contributed by atoms with E-state index in [1.54, 1.807) is 0 Å². The Balaban J connectivity index is 1.89. The van der Waals surface area contributed by atoms with Crippen LogP contribution in [0, 0.1) is 25.2 Å². The molecule has 0 saturated heterocycles. The van der Waals surface area contributed by atoms with Gasteiger partial charge in [-0.05, 0) is 76.8 Å². The molecule has 31 heavy (non-hydrogen) atoms. The summed E-state index contributed by atoms with van der Waals surface area (Å²) in [6, 6.07) is 21.1. The zero-order valence-electron chi connectivity index (χ0n) is 17.1. The van der Waals surface area contributed by atoms with Gasteiger partial charge in [0.1, 0.15) is 24.0 Å². The van der Waals surface area contributed by atoms with E-state index >= 15 is 0 Å². The number of nitrogens with zero attached hydrogens (tertiary/aromatic N) is 1. The Kier molecular flexibility index (Phi) is 7.67. The molecule has 1 amide bonds. The van der Waals surface area contributed by atoms with E-state index in [0.717, 1.165) is 25.6 Å². The van der Waals surface area contributed by atoms with Crippen molar-refractivity contribution >= 4 is 49.5 Å². The third-order valence-corrected chi connectivity index (χ3v) is 5.74. The minimum atomic E-state index is -0.476. The number of nitriles is 1. The second-order valence-electron chi connectivity index (χ2n) is 7.00. The topological polar surface area (TPSA) is 62.1 Å². The van der Waals surface area contributed by atoms with E-state index in [0.29, 0.717) is 23.6 Å². The van der Waals surface area contributed by atoms with Gasteiger partial charge < -0.3 is 10.1 Å². The Morgan fingerprint density at radius 1 is 1.06 bits per heavy atom. The second-order valence-corrected chi connectivity index (χ2v) is 8.77. The summed E-state index contributed by atoms with van der Waals surface area (Å²) in [6.07, 6.45) is 1.53. The first-order valence-electron chi connectivity index (χ1n) is 9.53. The van der Waals surface area contributed by atoms with Gasteiger partial charge in [0.2, 0.25) is 0 Å². The van der Waals surface area contributed by atoms with Gasteiger partial charge >= 0.3 is 0 Å². The van der Waals surface area contributed by atoms with E-state index in [1.807, 2.05) is 80.6 Å². The molecule has 0 unspecified atom stereocenters. The fourth-order valence-electron chi connectivity index (χ4n) is 2.89. The first-order valence-corrected chi connectivity index (χ1v) is 11.1. The summed E-state index contributed by atoms with van der Waals surface area (Å²) in [6.45, 7) is 4.34. The van der Waals surface area contributed by atoms with Crippen molar-refractivity contribution < 1.29 is 9.53 Å². The standard InChI is InChI=1S/C25H20Br2N2O2/c1-16-8-9-22(10-17(16)2)29-25(30)20(14-28)11-19-12-21(26)13-23(27)24(19)31-15-18-6-4-3-5-7-18/h3-13H,15H2,1-2H3,(H,29,30)/b20-11+. The average molecular weight is 540 g/mol. The minimum absolute atomic E-state index is 0.0206. The summed E-state index contributed by atoms with van der Waals surface area (Å²) in [4.78, 5) is 12.7. The van der Waals surface area contributed by atoms with Gasteiger partial charge in [0.25, 0.3) is 5.91 Å². The molecule has 0 aliphatic rings. The van der Waals surface area contributed by atoms with Gasteiger partial charge in [-0.25, -0.2) is 0 Å². The van der Waals surface area contributed by atoms with Gasteiger partial charge in [-0.2, -0.15) is 5.26 Å². The highest BCUT2D eigenvalue weighted by Crippen LogP contribution is 2.35. The fourth-order valence-corrected chi connectivity index (χ4v) is 4.26. The number of hydrogen-bond acceptors (Lipinski definition) is 3. The normalized spacial score (nSPS) is 11.0. The zero-order valence-corrected chi connectivity index (χ0v) is 20.2. The van der Waals surface area contributed by atoms with E-state index in [4.69, 9.17) is 4.74 Å². The van der Waals surface area contributed by atoms with Crippen LogP contribution in [0.3, 0.4) is 0 Å². The third-order valence-electron chi connectivity index (χ3n) is 4.69. The highest BCUT2D eigenvalue weighted by atomic mass is 79.9. The Labute approximate surface area is 198 Å². The summed E-state index contributed by atoms with van der Waals surface area (Å²) < 4.78 is 7.54. The number of anilines is 1. The molecule has 156 valence electrons. The van der Waals surface area contributed by atoms with Crippen molar-refractivity contribution in [3.63, 3.8) is 0 Å². The van der Waals surface area contributed by atoms with Crippen LogP contribution in [0.1, 0.15) is 22.3 Å². The Hall–Kier alpha value is -2.88. The Morgan fingerprint density at radius 3 is 2.48 bits per heavy atom. The summed E-state index contributed by atoms with van der Waals surface area (Å²) in [5, 5.41) is 12.4. The molecule has 6 heteroatoms. The van der Waals surface area contributed by atoms with Crippen LogP contribution in [0.4, 0.5) is 5.69 Å². The summed E-state index contributed by atoms with van der Waals surface area (Å²) >= 11 is 6.98. The first-order chi connectivity index (χ1) is 14.9. The van der Waals surface area contributed by atoms with Crippen molar-refractivity contribution in [1.82, 2.24) is 0 Å². The second kappa shape index (κ2) is 10.4. The van der Waals surface area contributed by atoms with E-state index in [-0.39, 0.29) is 5.57 Å². The van der Waals surface area contributed by atoms with E-state index in [9.17, 15) is 10.1 Å². The van der Waals surface area contributed by atoms with Crippen molar-refractivity contribution in [2.75, 3.05) is 5.32 Å². The monoisotopic (exact) mass is 538 g/mol. The number of carbonyl (C=O) groups excluding carboxylic acids is 1. The highest BCUT2D eigenvalue weighted by Gasteiger charge is 2.15. The number of halogens is 2. The van der Waals surface area contributed by atoms with Crippen LogP contribution in [-0.2, 0) is 11.4 Å². The van der Waals surface area contributed by atoms with Crippen LogP contribution in [0.5, 0.6) is 5.75 Å². The van der Waals surface area contributed by atoms with Crippen molar-refractivity contribution in [2.45, 2.75) is 20.5 Å². The quantitative estimate of drug-likeness (QED) is 0.272. The lowest BCUT2D eigenvalue weighted by molar-refractivity contribution is -0.112.